The molecular weight excluding hydrogens is 292 g/mol. The van der Waals surface area contributed by atoms with E-state index in [-0.39, 0.29) is 24.3 Å². The predicted molar refractivity (Wildman–Crippen MR) is 85.2 cm³/mol. The largest absolute Gasteiger partial charge is 0.396 e. The molecule has 2 aromatic rings. The Balaban J connectivity index is 1.55. The first-order chi connectivity index (χ1) is 11.2. The number of amides is 1. The number of hydrogen-bond acceptors (Lipinski definition) is 3. The molecule has 3 heterocycles. The van der Waals surface area contributed by atoms with Crippen molar-refractivity contribution in [1.82, 2.24) is 19.7 Å². The number of aromatic amines is 1. The summed E-state index contributed by atoms with van der Waals surface area (Å²) in [6.45, 7) is 1.33. The van der Waals surface area contributed by atoms with Crippen LogP contribution in [0.15, 0.2) is 24.7 Å². The van der Waals surface area contributed by atoms with E-state index < -0.39 is 0 Å². The van der Waals surface area contributed by atoms with Crippen molar-refractivity contribution < 1.29 is 9.90 Å². The summed E-state index contributed by atoms with van der Waals surface area (Å²) in [5.41, 5.74) is 2.98. The molecule has 2 atom stereocenters. The van der Waals surface area contributed by atoms with Crippen LogP contribution in [-0.2, 0) is 7.05 Å². The maximum atomic E-state index is 12.9. The van der Waals surface area contributed by atoms with Crippen molar-refractivity contribution in [3.05, 3.63) is 41.5 Å². The highest BCUT2D eigenvalue weighted by Gasteiger charge is 2.38. The van der Waals surface area contributed by atoms with Gasteiger partial charge in [0.25, 0.3) is 5.91 Å². The lowest BCUT2D eigenvalue weighted by Gasteiger charge is -2.16. The number of carbonyl (C=O) groups is 1. The van der Waals surface area contributed by atoms with Crippen LogP contribution < -0.4 is 0 Å². The van der Waals surface area contributed by atoms with Crippen molar-refractivity contribution in [1.29, 1.82) is 0 Å². The molecule has 122 valence electrons. The summed E-state index contributed by atoms with van der Waals surface area (Å²) in [6.07, 6.45) is 8.01. The second kappa shape index (κ2) is 5.53. The van der Waals surface area contributed by atoms with E-state index >= 15 is 0 Å². The van der Waals surface area contributed by atoms with Crippen LogP contribution in [-0.4, -0.2) is 50.4 Å². The average molecular weight is 314 g/mol. The van der Waals surface area contributed by atoms with Gasteiger partial charge in [-0.1, -0.05) is 0 Å². The fraction of sp³-hybridized carbons (Fsp3) is 0.529. The highest BCUT2D eigenvalue weighted by molar-refractivity contribution is 5.96. The van der Waals surface area contributed by atoms with E-state index in [2.05, 4.69) is 10.1 Å². The van der Waals surface area contributed by atoms with Crippen molar-refractivity contribution in [3.8, 4) is 0 Å². The highest BCUT2D eigenvalue weighted by Crippen LogP contribution is 2.41. The zero-order chi connectivity index (χ0) is 16.0. The standard InChI is InChI=1S/C17H22N4O2/c1-20-7-12(6-19-20)15-9-21(8-13(15)10-22)17(23)14-4-5-18-16(14)11-2-3-11/h4-7,11,13,15,18,22H,2-3,8-10H2,1H3/t13-,15-/m0/s1. The van der Waals surface area contributed by atoms with Crippen LogP contribution in [0.1, 0.15) is 46.3 Å². The lowest BCUT2D eigenvalue weighted by molar-refractivity contribution is 0.0780. The summed E-state index contributed by atoms with van der Waals surface area (Å²) >= 11 is 0. The Hall–Kier alpha value is -2.08. The molecule has 1 saturated heterocycles. The molecule has 0 spiro atoms. The van der Waals surface area contributed by atoms with Gasteiger partial charge in [0, 0.05) is 56.7 Å². The summed E-state index contributed by atoms with van der Waals surface area (Å²) in [5, 5.41) is 13.9. The Bertz CT molecular complexity index is 716. The summed E-state index contributed by atoms with van der Waals surface area (Å²) in [4.78, 5) is 18.0. The zero-order valence-electron chi connectivity index (χ0n) is 13.3. The summed E-state index contributed by atoms with van der Waals surface area (Å²) in [6, 6.07) is 1.89. The highest BCUT2D eigenvalue weighted by atomic mass is 16.3. The van der Waals surface area contributed by atoms with E-state index in [1.54, 1.807) is 4.68 Å². The number of nitrogens with zero attached hydrogens (tertiary/aromatic N) is 3. The molecule has 0 unspecified atom stereocenters. The predicted octanol–water partition coefficient (Wildman–Crippen LogP) is 1.47. The lowest BCUT2D eigenvalue weighted by atomic mass is 9.92. The molecule has 0 aromatic carbocycles. The summed E-state index contributed by atoms with van der Waals surface area (Å²) < 4.78 is 1.77. The van der Waals surface area contributed by atoms with Crippen LogP contribution in [0.5, 0.6) is 0 Å². The SMILES string of the molecule is Cn1cc([C@@H]2CN(C(=O)c3cc[nH]c3C3CC3)C[C@H]2CO)cn1. The molecular formula is C17H22N4O2. The van der Waals surface area contributed by atoms with Gasteiger partial charge in [0.1, 0.15) is 0 Å². The van der Waals surface area contributed by atoms with Crippen LogP contribution in [0.25, 0.3) is 0 Å². The number of aryl methyl sites for hydroxylation is 1. The molecule has 0 bridgehead atoms. The smallest absolute Gasteiger partial charge is 0.255 e. The molecule has 0 radical (unpaired) electrons. The van der Waals surface area contributed by atoms with Gasteiger partial charge >= 0.3 is 0 Å². The molecule has 1 aliphatic heterocycles. The summed E-state index contributed by atoms with van der Waals surface area (Å²) in [7, 11) is 1.89. The number of likely N-dealkylation sites (tertiary alicyclic amines) is 1. The Labute approximate surface area is 135 Å². The van der Waals surface area contributed by atoms with Crippen molar-refractivity contribution in [2.45, 2.75) is 24.7 Å². The van der Waals surface area contributed by atoms with E-state index in [0.29, 0.717) is 19.0 Å². The first-order valence-electron chi connectivity index (χ1n) is 8.23. The normalized spacial score (nSPS) is 24.3. The third-order valence-corrected chi connectivity index (χ3v) is 5.11. The first-order valence-corrected chi connectivity index (χ1v) is 8.23. The molecule has 4 rings (SSSR count). The number of aromatic nitrogens is 3. The van der Waals surface area contributed by atoms with Crippen LogP contribution in [0.2, 0.25) is 0 Å². The van der Waals surface area contributed by atoms with Crippen LogP contribution in [0.4, 0.5) is 0 Å². The number of carbonyl (C=O) groups excluding carboxylic acids is 1. The lowest BCUT2D eigenvalue weighted by Crippen LogP contribution is -2.29. The maximum Gasteiger partial charge on any atom is 0.255 e. The number of nitrogens with one attached hydrogen (secondary N) is 1. The monoisotopic (exact) mass is 314 g/mol. The van der Waals surface area contributed by atoms with Gasteiger partial charge < -0.3 is 15.0 Å². The van der Waals surface area contributed by atoms with Gasteiger partial charge in [0.05, 0.1) is 11.8 Å². The van der Waals surface area contributed by atoms with Gasteiger partial charge in [-0.2, -0.15) is 5.10 Å². The third kappa shape index (κ3) is 2.57. The molecule has 6 heteroatoms. The van der Waals surface area contributed by atoms with E-state index in [1.807, 2.05) is 36.6 Å². The fourth-order valence-corrected chi connectivity index (χ4v) is 3.68. The minimum atomic E-state index is 0.0754. The number of aliphatic hydroxyl groups is 1. The van der Waals surface area contributed by atoms with Gasteiger partial charge in [-0.25, -0.2) is 0 Å². The zero-order valence-corrected chi connectivity index (χ0v) is 13.3. The van der Waals surface area contributed by atoms with Crippen molar-refractivity contribution in [3.63, 3.8) is 0 Å². The van der Waals surface area contributed by atoms with Crippen molar-refractivity contribution >= 4 is 5.91 Å². The molecule has 1 amide bonds. The van der Waals surface area contributed by atoms with Gasteiger partial charge in [-0.05, 0) is 30.4 Å². The number of aliphatic hydroxyl groups excluding tert-OH is 1. The minimum absolute atomic E-state index is 0.0754. The molecule has 1 aliphatic carbocycles. The number of hydrogen-bond donors (Lipinski definition) is 2. The van der Waals surface area contributed by atoms with E-state index in [1.165, 1.54) is 12.8 Å². The second-order valence-electron chi connectivity index (χ2n) is 6.79. The average Bonchev–Trinajstić information content (AvgIpc) is 2.99. The molecule has 2 aromatic heterocycles. The van der Waals surface area contributed by atoms with Gasteiger partial charge in [0.15, 0.2) is 0 Å². The van der Waals surface area contributed by atoms with E-state index in [4.69, 9.17) is 0 Å². The Morgan fingerprint density at radius 1 is 1.43 bits per heavy atom. The van der Waals surface area contributed by atoms with E-state index in [0.717, 1.165) is 16.8 Å². The summed E-state index contributed by atoms with van der Waals surface area (Å²) in [5.74, 6) is 0.833. The van der Waals surface area contributed by atoms with E-state index in [9.17, 15) is 9.90 Å². The van der Waals surface area contributed by atoms with Crippen molar-refractivity contribution in [2.75, 3.05) is 19.7 Å². The van der Waals surface area contributed by atoms with Crippen molar-refractivity contribution in [2.24, 2.45) is 13.0 Å². The number of rotatable bonds is 4. The fourth-order valence-electron chi connectivity index (χ4n) is 3.68. The van der Waals surface area contributed by atoms with Gasteiger partial charge in [-0.15, -0.1) is 0 Å². The third-order valence-electron chi connectivity index (χ3n) is 5.11. The Morgan fingerprint density at radius 3 is 2.91 bits per heavy atom. The van der Waals surface area contributed by atoms with Crippen LogP contribution in [0.3, 0.4) is 0 Å². The van der Waals surface area contributed by atoms with Gasteiger partial charge in [-0.3, -0.25) is 9.48 Å². The molecule has 1 saturated carbocycles. The Kier molecular flexibility index (Phi) is 3.49. The topological polar surface area (TPSA) is 74.2 Å². The molecule has 2 fully saturated rings. The van der Waals surface area contributed by atoms with Crippen LogP contribution >= 0.6 is 0 Å². The van der Waals surface area contributed by atoms with Gasteiger partial charge in [0.2, 0.25) is 0 Å². The molecule has 2 aliphatic rings. The quantitative estimate of drug-likeness (QED) is 0.897. The second-order valence-corrected chi connectivity index (χ2v) is 6.79. The minimum Gasteiger partial charge on any atom is -0.396 e. The first kappa shape index (κ1) is 14.5. The molecule has 6 nitrogen and oxygen atoms in total. The van der Waals surface area contributed by atoms with Crippen LogP contribution in [0, 0.1) is 5.92 Å². The maximum absolute atomic E-state index is 12.9. The number of H-pyrrole nitrogens is 1. The molecule has 2 N–H and O–H groups in total. The Morgan fingerprint density at radius 2 is 2.26 bits per heavy atom. The molecule has 23 heavy (non-hydrogen) atoms.